The van der Waals surface area contributed by atoms with Gasteiger partial charge in [-0.3, -0.25) is 4.79 Å². The Morgan fingerprint density at radius 2 is 2.14 bits per heavy atom. The van der Waals surface area contributed by atoms with Crippen LogP contribution in [0.2, 0.25) is 0 Å². The van der Waals surface area contributed by atoms with Gasteiger partial charge in [-0.05, 0) is 25.0 Å². The number of ether oxygens (including phenoxy) is 2. The van der Waals surface area contributed by atoms with Crippen LogP contribution in [0.4, 0.5) is 14.5 Å². The minimum Gasteiger partial charge on any atom is -0.433 e. The fourth-order valence-corrected chi connectivity index (χ4v) is 1.85. The molecule has 0 aliphatic carbocycles. The van der Waals surface area contributed by atoms with E-state index in [2.05, 4.69) is 10.1 Å². The summed E-state index contributed by atoms with van der Waals surface area (Å²) in [5.74, 6) is -0.620. The highest BCUT2D eigenvalue weighted by atomic mass is 35.5. The van der Waals surface area contributed by atoms with Crippen LogP contribution in [-0.4, -0.2) is 31.1 Å². The SMILES string of the molecule is CCCCOCC(Cl)C(=O)Nc1c(C)cccc1OC(F)F. The van der Waals surface area contributed by atoms with E-state index in [0.29, 0.717) is 12.2 Å². The topological polar surface area (TPSA) is 47.6 Å². The molecule has 0 saturated carbocycles. The number of carbonyl (C=O) groups excluding carboxylic acids is 1. The van der Waals surface area contributed by atoms with E-state index in [0.717, 1.165) is 12.8 Å². The van der Waals surface area contributed by atoms with Crippen molar-refractivity contribution in [2.24, 2.45) is 0 Å². The lowest BCUT2D eigenvalue weighted by atomic mass is 10.2. The van der Waals surface area contributed by atoms with Crippen molar-refractivity contribution >= 4 is 23.2 Å². The molecule has 1 atom stereocenters. The molecule has 1 aromatic carbocycles. The molecule has 0 aliphatic heterocycles. The minimum atomic E-state index is -2.97. The van der Waals surface area contributed by atoms with Gasteiger partial charge in [0, 0.05) is 6.61 Å². The highest BCUT2D eigenvalue weighted by Crippen LogP contribution is 2.29. The molecule has 1 N–H and O–H groups in total. The van der Waals surface area contributed by atoms with Gasteiger partial charge >= 0.3 is 6.61 Å². The fraction of sp³-hybridized carbons (Fsp3) is 0.533. The molecule has 0 spiro atoms. The second-order valence-corrected chi connectivity index (χ2v) is 5.24. The maximum Gasteiger partial charge on any atom is 0.387 e. The Labute approximate surface area is 133 Å². The second-order valence-electron chi connectivity index (χ2n) is 4.71. The predicted molar refractivity (Wildman–Crippen MR) is 81.8 cm³/mol. The summed E-state index contributed by atoms with van der Waals surface area (Å²) in [6.07, 6.45) is 1.87. The van der Waals surface area contributed by atoms with Crippen molar-refractivity contribution in [2.75, 3.05) is 18.5 Å². The third-order valence-electron chi connectivity index (χ3n) is 2.89. The summed E-state index contributed by atoms with van der Waals surface area (Å²) < 4.78 is 34.4. The first kappa shape index (κ1) is 18.6. The van der Waals surface area contributed by atoms with Crippen molar-refractivity contribution in [1.82, 2.24) is 0 Å². The Kier molecular flexibility index (Phi) is 8.12. The van der Waals surface area contributed by atoms with Gasteiger partial charge in [0.1, 0.15) is 11.1 Å². The maximum absolute atomic E-state index is 12.4. The summed E-state index contributed by atoms with van der Waals surface area (Å²) in [6.45, 7) is 1.31. The normalized spacial score (nSPS) is 12.3. The number of alkyl halides is 3. The van der Waals surface area contributed by atoms with E-state index < -0.39 is 17.9 Å². The summed E-state index contributed by atoms with van der Waals surface area (Å²) in [5, 5.41) is 1.61. The molecule has 0 bridgehead atoms. The second kappa shape index (κ2) is 9.58. The molecule has 22 heavy (non-hydrogen) atoms. The van der Waals surface area contributed by atoms with Crippen LogP contribution in [-0.2, 0) is 9.53 Å². The van der Waals surface area contributed by atoms with Crippen molar-refractivity contribution in [3.8, 4) is 5.75 Å². The summed E-state index contributed by atoms with van der Waals surface area (Å²) in [4.78, 5) is 12.0. The number of aryl methyl sites for hydroxylation is 1. The monoisotopic (exact) mass is 335 g/mol. The zero-order valence-corrected chi connectivity index (χ0v) is 13.3. The predicted octanol–water partition coefficient (Wildman–Crippen LogP) is 3.96. The van der Waals surface area contributed by atoms with Crippen molar-refractivity contribution in [2.45, 2.75) is 38.7 Å². The number of hydrogen-bond acceptors (Lipinski definition) is 3. The zero-order valence-electron chi connectivity index (χ0n) is 12.6. The fourth-order valence-electron chi connectivity index (χ4n) is 1.71. The van der Waals surface area contributed by atoms with E-state index >= 15 is 0 Å². The van der Waals surface area contributed by atoms with E-state index in [9.17, 15) is 13.6 Å². The molecule has 0 aliphatic rings. The van der Waals surface area contributed by atoms with E-state index in [-0.39, 0.29) is 18.0 Å². The van der Waals surface area contributed by atoms with E-state index in [1.807, 2.05) is 6.92 Å². The number of hydrogen-bond donors (Lipinski definition) is 1. The summed E-state index contributed by atoms with van der Waals surface area (Å²) in [6, 6.07) is 4.60. The largest absolute Gasteiger partial charge is 0.433 e. The summed E-state index contributed by atoms with van der Waals surface area (Å²) in [5.41, 5.74) is 0.786. The Hall–Kier alpha value is -1.40. The van der Waals surface area contributed by atoms with Gasteiger partial charge in [0.05, 0.1) is 12.3 Å². The van der Waals surface area contributed by atoms with Crippen LogP contribution >= 0.6 is 11.6 Å². The molecule has 7 heteroatoms. The zero-order chi connectivity index (χ0) is 16.5. The Balaban J connectivity index is 2.66. The Morgan fingerprint density at radius 3 is 2.77 bits per heavy atom. The smallest absolute Gasteiger partial charge is 0.387 e. The number of nitrogens with one attached hydrogen (secondary N) is 1. The van der Waals surface area contributed by atoms with Crippen LogP contribution in [0.1, 0.15) is 25.3 Å². The average molecular weight is 336 g/mol. The molecular formula is C15H20ClF2NO3. The number of halogens is 3. The van der Waals surface area contributed by atoms with Gasteiger partial charge in [0.2, 0.25) is 5.91 Å². The molecular weight excluding hydrogens is 316 g/mol. The molecule has 124 valence electrons. The standard InChI is InChI=1S/C15H20ClF2NO3/c1-3-4-8-21-9-11(16)14(20)19-13-10(2)6-5-7-12(13)22-15(17)18/h5-7,11,15H,3-4,8-9H2,1-2H3,(H,19,20). The molecule has 1 amide bonds. The highest BCUT2D eigenvalue weighted by Gasteiger charge is 2.19. The van der Waals surface area contributed by atoms with Crippen LogP contribution < -0.4 is 10.1 Å². The highest BCUT2D eigenvalue weighted by molar-refractivity contribution is 6.32. The molecule has 0 fully saturated rings. The number of benzene rings is 1. The first-order valence-corrected chi connectivity index (χ1v) is 7.46. The molecule has 0 saturated heterocycles. The maximum atomic E-state index is 12.4. The lowest BCUT2D eigenvalue weighted by molar-refractivity contribution is -0.117. The van der Waals surface area contributed by atoms with Crippen LogP contribution in [0.25, 0.3) is 0 Å². The van der Waals surface area contributed by atoms with Crippen LogP contribution in [0, 0.1) is 6.92 Å². The van der Waals surface area contributed by atoms with Crippen molar-refractivity contribution in [1.29, 1.82) is 0 Å². The molecule has 1 rings (SSSR count). The van der Waals surface area contributed by atoms with Gasteiger partial charge in [-0.25, -0.2) is 0 Å². The van der Waals surface area contributed by atoms with E-state index in [1.54, 1.807) is 19.1 Å². The average Bonchev–Trinajstić information content (AvgIpc) is 2.46. The van der Waals surface area contributed by atoms with Crippen LogP contribution in [0.15, 0.2) is 18.2 Å². The van der Waals surface area contributed by atoms with Gasteiger partial charge in [-0.1, -0.05) is 25.5 Å². The van der Waals surface area contributed by atoms with E-state index in [4.69, 9.17) is 16.3 Å². The number of para-hydroxylation sites is 1. The molecule has 0 radical (unpaired) electrons. The van der Waals surface area contributed by atoms with Gasteiger partial charge in [0.15, 0.2) is 0 Å². The summed E-state index contributed by atoms with van der Waals surface area (Å²) >= 11 is 5.94. The van der Waals surface area contributed by atoms with Crippen LogP contribution in [0.5, 0.6) is 5.75 Å². The van der Waals surface area contributed by atoms with Crippen molar-refractivity contribution in [3.63, 3.8) is 0 Å². The molecule has 4 nitrogen and oxygen atoms in total. The number of amides is 1. The Morgan fingerprint density at radius 1 is 1.41 bits per heavy atom. The van der Waals surface area contributed by atoms with Gasteiger partial charge in [-0.15, -0.1) is 11.6 Å². The lowest BCUT2D eigenvalue weighted by Crippen LogP contribution is -2.28. The number of carbonyl (C=O) groups is 1. The first-order valence-electron chi connectivity index (χ1n) is 7.02. The third-order valence-corrected chi connectivity index (χ3v) is 3.21. The Bertz CT molecular complexity index is 486. The van der Waals surface area contributed by atoms with Crippen LogP contribution in [0.3, 0.4) is 0 Å². The third kappa shape index (κ3) is 6.15. The number of anilines is 1. The first-order chi connectivity index (χ1) is 10.5. The molecule has 0 heterocycles. The van der Waals surface area contributed by atoms with E-state index in [1.165, 1.54) is 6.07 Å². The molecule has 1 aromatic rings. The van der Waals surface area contributed by atoms with Gasteiger partial charge in [-0.2, -0.15) is 8.78 Å². The molecule has 0 aromatic heterocycles. The van der Waals surface area contributed by atoms with Gasteiger partial charge < -0.3 is 14.8 Å². The quantitative estimate of drug-likeness (QED) is 0.549. The van der Waals surface area contributed by atoms with Gasteiger partial charge in [0.25, 0.3) is 0 Å². The minimum absolute atomic E-state index is 0.0598. The van der Waals surface area contributed by atoms with Crippen molar-refractivity contribution in [3.05, 3.63) is 23.8 Å². The summed E-state index contributed by atoms with van der Waals surface area (Å²) in [7, 11) is 0. The lowest BCUT2D eigenvalue weighted by Gasteiger charge is -2.16. The molecule has 1 unspecified atom stereocenters. The number of unbranched alkanes of at least 4 members (excludes halogenated alkanes) is 1. The number of rotatable bonds is 9. The van der Waals surface area contributed by atoms with Crippen molar-refractivity contribution < 1.29 is 23.0 Å².